The Hall–Kier alpha value is -3.06. The Morgan fingerprint density at radius 3 is 2.59 bits per heavy atom. The van der Waals surface area contributed by atoms with Crippen molar-refractivity contribution in [1.29, 1.82) is 0 Å². The molecule has 7 nitrogen and oxygen atoms in total. The quantitative estimate of drug-likeness (QED) is 0.610. The first-order valence-corrected chi connectivity index (χ1v) is 12.5. The third kappa shape index (κ3) is 6.50. The summed E-state index contributed by atoms with van der Waals surface area (Å²) in [5.74, 6) is 0.984. The maximum atomic E-state index is 12.9. The number of likely N-dealkylation sites (tertiary alicyclic amines) is 2. The van der Waals surface area contributed by atoms with Gasteiger partial charge in [-0.25, -0.2) is 4.79 Å². The van der Waals surface area contributed by atoms with Crippen molar-refractivity contribution in [2.75, 3.05) is 51.2 Å². The van der Waals surface area contributed by atoms with Gasteiger partial charge in [-0.1, -0.05) is 12.1 Å². The van der Waals surface area contributed by atoms with Crippen LogP contribution in [0.3, 0.4) is 0 Å². The van der Waals surface area contributed by atoms with Gasteiger partial charge < -0.3 is 25.2 Å². The van der Waals surface area contributed by atoms with Crippen LogP contribution in [-0.2, 0) is 0 Å². The van der Waals surface area contributed by atoms with Crippen LogP contribution in [0.4, 0.5) is 10.5 Å². The van der Waals surface area contributed by atoms with Crippen LogP contribution in [0.2, 0.25) is 0 Å². The van der Waals surface area contributed by atoms with Gasteiger partial charge in [-0.15, -0.1) is 0 Å². The average Bonchev–Trinajstić information content (AvgIpc) is 3.39. The summed E-state index contributed by atoms with van der Waals surface area (Å²) in [5.41, 5.74) is 2.56. The number of urea groups is 1. The van der Waals surface area contributed by atoms with Gasteiger partial charge in [0.25, 0.3) is 5.91 Å². The second-order valence-electron chi connectivity index (χ2n) is 9.10. The molecule has 2 aromatic carbocycles. The van der Waals surface area contributed by atoms with Crippen molar-refractivity contribution >= 4 is 17.6 Å². The molecule has 34 heavy (non-hydrogen) atoms. The Bertz CT molecular complexity index is 957. The topological polar surface area (TPSA) is 73.9 Å². The van der Waals surface area contributed by atoms with Crippen LogP contribution >= 0.6 is 0 Å². The van der Waals surface area contributed by atoms with E-state index in [1.165, 1.54) is 12.8 Å². The first-order chi connectivity index (χ1) is 16.6. The molecular formula is C27H36N4O3. The molecule has 0 radical (unpaired) electrons. The molecule has 2 aliphatic heterocycles. The summed E-state index contributed by atoms with van der Waals surface area (Å²) in [6, 6.07) is 15.2. The molecule has 0 aromatic heterocycles. The van der Waals surface area contributed by atoms with Crippen LogP contribution in [0, 0.1) is 0 Å². The predicted octanol–water partition coefficient (Wildman–Crippen LogP) is 4.32. The monoisotopic (exact) mass is 464 g/mol. The molecule has 0 saturated carbocycles. The molecule has 2 aliphatic rings. The molecule has 0 spiro atoms. The second kappa shape index (κ2) is 11.9. The number of amides is 3. The Balaban J connectivity index is 1.31. The number of hydrogen-bond donors (Lipinski definition) is 2. The zero-order chi connectivity index (χ0) is 23.8. The third-order valence-electron chi connectivity index (χ3n) is 6.66. The van der Waals surface area contributed by atoms with Gasteiger partial charge in [0, 0.05) is 43.3 Å². The summed E-state index contributed by atoms with van der Waals surface area (Å²) in [5, 5.41) is 6.05. The van der Waals surface area contributed by atoms with E-state index in [9.17, 15) is 9.59 Å². The fourth-order valence-electron chi connectivity index (χ4n) is 4.81. The molecule has 0 bridgehead atoms. The molecule has 0 aliphatic carbocycles. The fraction of sp³-hybridized carbons (Fsp3) is 0.481. The van der Waals surface area contributed by atoms with Gasteiger partial charge in [-0.2, -0.15) is 0 Å². The summed E-state index contributed by atoms with van der Waals surface area (Å²) in [6.07, 6.45) is 4.46. The molecule has 2 fully saturated rings. The number of anilines is 1. The van der Waals surface area contributed by atoms with Gasteiger partial charge in [0.1, 0.15) is 5.75 Å². The molecule has 182 valence electrons. The number of nitrogens with one attached hydrogen (secondary N) is 2. The van der Waals surface area contributed by atoms with Crippen molar-refractivity contribution in [3.8, 4) is 5.75 Å². The van der Waals surface area contributed by atoms with E-state index in [-0.39, 0.29) is 17.9 Å². The first kappa shape index (κ1) is 24.1. The Morgan fingerprint density at radius 2 is 1.82 bits per heavy atom. The minimum Gasteiger partial charge on any atom is -0.494 e. The van der Waals surface area contributed by atoms with Crippen LogP contribution < -0.4 is 15.4 Å². The second-order valence-corrected chi connectivity index (χ2v) is 9.10. The van der Waals surface area contributed by atoms with Gasteiger partial charge in [0.05, 0.1) is 6.61 Å². The molecule has 4 rings (SSSR count). The van der Waals surface area contributed by atoms with E-state index in [0.29, 0.717) is 25.3 Å². The lowest BCUT2D eigenvalue weighted by Crippen LogP contribution is -2.41. The number of hydrogen-bond acceptors (Lipinski definition) is 4. The molecular weight excluding hydrogens is 428 g/mol. The van der Waals surface area contributed by atoms with Crippen molar-refractivity contribution in [3.05, 3.63) is 59.7 Å². The van der Waals surface area contributed by atoms with Gasteiger partial charge >= 0.3 is 6.03 Å². The number of nitrogens with zero attached hydrogens (tertiary/aromatic N) is 2. The van der Waals surface area contributed by atoms with E-state index in [2.05, 4.69) is 21.6 Å². The number of carbonyl (C=O) groups excluding carboxylic acids is 2. The number of benzene rings is 2. The Kier molecular flexibility index (Phi) is 8.41. The molecule has 2 aromatic rings. The third-order valence-corrected chi connectivity index (χ3v) is 6.66. The van der Waals surface area contributed by atoms with Crippen LogP contribution in [0.5, 0.6) is 5.75 Å². The zero-order valence-electron chi connectivity index (χ0n) is 20.1. The molecule has 2 saturated heterocycles. The molecule has 2 N–H and O–H groups in total. The number of rotatable bonds is 8. The molecule has 2 heterocycles. The van der Waals surface area contributed by atoms with Crippen molar-refractivity contribution in [2.24, 2.45) is 0 Å². The van der Waals surface area contributed by atoms with Gasteiger partial charge in [-0.05, 0) is 87.7 Å². The van der Waals surface area contributed by atoms with E-state index < -0.39 is 0 Å². The predicted molar refractivity (Wildman–Crippen MR) is 135 cm³/mol. The van der Waals surface area contributed by atoms with Crippen molar-refractivity contribution in [3.63, 3.8) is 0 Å². The molecule has 7 heteroatoms. The highest BCUT2D eigenvalue weighted by molar-refractivity contribution is 5.94. The smallest absolute Gasteiger partial charge is 0.321 e. The minimum absolute atomic E-state index is 0.0260. The molecule has 3 amide bonds. The van der Waals surface area contributed by atoms with E-state index >= 15 is 0 Å². The van der Waals surface area contributed by atoms with E-state index in [1.807, 2.05) is 54.3 Å². The number of carbonyl (C=O) groups is 2. The lowest BCUT2D eigenvalue weighted by Gasteiger charge is -2.33. The minimum atomic E-state index is -0.0929. The highest BCUT2D eigenvalue weighted by atomic mass is 16.5. The highest BCUT2D eigenvalue weighted by Crippen LogP contribution is 2.28. The standard InChI is InChI=1S/C27H36N4O3/c1-2-34-25-12-10-24(11-13-25)29-27(33)31-17-6-9-23(20-31)21-7-5-8-22(19-21)26(32)28-14-18-30-15-3-4-16-30/h5,7-8,10-13,19,23H,2-4,6,9,14-18,20H2,1H3,(H,28,32)(H,29,33). The molecule has 1 atom stereocenters. The summed E-state index contributed by atoms with van der Waals surface area (Å²) < 4.78 is 5.46. The summed E-state index contributed by atoms with van der Waals surface area (Å²) in [7, 11) is 0. The number of ether oxygens (including phenoxy) is 1. The van der Waals surface area contributed by atoms with Crippen molar-refractivity contribution in [2.45, 2.75) is 38.5 Å². The van der Waals surface area contributed by atoms with E-state index in [4.69, 9.17) is 4.74 Å². The van der Waals surface area contributed by atoms with Crippen LogP contribution in [0.15, 0.2) is 48.5 Å². The lowest BCUT2D eigenvalue weighted by molar-refractivity contribution is 0.0949. The number of piperidine rings is 1. The first-order valence-electron chi connectivity index (χ1n) is 12.5. The van der Waals surface area contributed by atoms with Crippen molar-refractivity contribution in [1.82, 2.24) is 15.1 Å². The zero-order valence-corrected chi connectivity index (χ0v) is 20.1. The summed E-state index contributed by atoms with van der Waals surface area (Å²) >= 11 is 0. The Labute approximate surface area is 202 Å². The maximum Gasteiger partial charge on any atom is 0.321 e. The average molecular weight is 465 g/mol. The summed E-state index contributed by atoms with van der Waals surface area (Å²) in [4.78, 5) is 29.8. The van der Waals surface area contributed by atoms with E-state index in [0.717, 1.165) is 56.0 Å². The lowest BCUT2D eigenvalue weighted by atomic mass is 9.89. The normalized spacial score (nSPS) is 18.5. The van der Waals surface area contributed by atoms with E-state index in [1.54, 1.807) is 0 Å². The van der Waals surface area contributed by atoms with Crippen LogP contribution in [0.25, 0.3) is 0 Å². The maximum absolute atomic E-state index is 12.9. The highest BCUT2D eigenvalue weighted by Gasteiger charge is 2.25. The molecule has 1 unspecified atom stereocenters. The van der Waals surface area contributed by atoms with Gasteiger partial charge in [0.15, 0.2) is 0 Å². The largest absolute Gasteiger partial charge is 0.494 e. The van der Waals surface area contributed by atoms with Gasteiger partial charge in [0.2, 0.25) is 0 Å². The summed E-state index contributed by atoms with van der Waals surface area (Å²) in [6.45, 7) is 7.78. The van der Waals surface area contributed by atoms with Crippen LogP contribution in [0.1, 0.15) is 54.4 Å². The van der Waals surface area contributed by atoms with Crippen LogP contribution in [-0.4, -0.2) is 67.6 Å². The SMILES string of the molecule is CCOc1ccc(NC(=O)N2CCCC(c3cccc(C(=O)NCCN4CCCC4)c3)C2)cc1. The van der Waals surface area contributed by atoms with Crippen molar-refractivity contribution < 1.29 is 14.3 Å². The van der Waals surface area contributed by atoms with Gasteiger partial charge in [-0.3, -0.25) is 4.79 Å². The Morgan fingerprint density at radius 1 is 1.03 bits per heavy atom. The fourth-order valence-corrected chi connectivity index (χ4v) is 4.81.